The van der Waals surface area contributed by atoms with Gasteiger partial charge in [-0.3, -0.25) is 4.90 Å². The number of H-pyrrole nitrogens is 1. The molecule has 0 saturated carbocycles. The Bertz CT molecular complexity index is 605. The van der Waals surface area contributed by atoms with Gasteiger partial charge in [-0.2, -0.15) is 11.8 Å². The maximum atomic E-state index is 5.81. The first-order chi connectivity index (χ1) is 9.52. The first-order valence-electron chi connectivity index (χ1n) is 7.12. The molecule has 3 rings (SSSR count). The van der Waals surface area contributed by atoms with Crippen LogP contribution in [-0.4, -0.2) is 38.5 Å². The van der Waals surface area contributed by atoms with E-state index in [-0.39, 0.29) is 0 Å². The summed E-state index contributed by atoms with van der Waals surface area (Å²) in [6, 6.07) is 5.83. The Labute approximate surface area is 124 Å². The van der Waals surface area contributed by atoms with Crippen molar-refractivity contribution < 1.29 is 0 Å². The molecule has 1 saturated heterocycles. The number of rotatable bonds is 2. The summed E-state index contributed by atoms with van der Waals surface area (Å²) in [5, 5.41) is 0. The lowest BCUT2D eigenvalue weighted by Gasteiger charge is -2.22. The molecule has 0 unspecified atom stereocenters. The van der Waals surface area contributed by atoms with E-state index < -0.39 is 0 Å². The number of aromatic nitrogens is 2. The number of nitrogen functional groups attached to an aromatic ring is 1. The number of thioether (sulfide) groups is 1. The van der Waals surface area contributed by atoms with E-state index in [1.54, 1.807) is 0 Å². The minimum atomic E-state index is 0.400. The number of hydrogen-bond acceptors (Lipinski definition) is 4. The number of nitrogens with one attached hydrogen (secondary N) is 1. The molecule has 1 fully saturated rings. The largest absolute Gasteiger partial charge is 0.399 e. The van der Waals surface area contributed by atoms with Crippen molar-refractivity contribution in [2.45, 2.75) is 31.6 Å². The highest BCUT2D eigenvalue weighted by Crippen LogP contribution is 2.31. The van der Waals surface area contributed by atoms with Crippen molar-refractivity contribution >= 4 is 28.5 Å². The van der Waals surface area contributed by atoms with Crippen LogP contribution in [0.15, 0.2) is 18.2 Å². The van der Waals surface area contributed by atoms with Gasteiger partial charge >= 0.3 is 0 Å². The monoisotopic (exact) mass is 290 g/mol. The van der Waals surface area contributed by atoms with Crippen LogP contribution >= 0.6 is 11.8 Å². The zero-order chi connectivity index (χ0) is 14.2. The molecule has 4 nitrogen and oxygen atoms in total. The molecular formula is C15H22N4S. The molecule has 3 N–H and O–H groups in total. The van der Waals surface area contributed by atoms with Crippen LogP contribution in [0.3, 0.4) is 0 Å². The van der Waals surface area contributed by atoms with Gasteiger partial charge in [0.15, 0.2) is 0 Å². The predicted molar refractivity (Wildman–Crippen MR) is 86.9 cm³/mol. The smallest absolute Gasteiger partial charge is 0.121 e. The third-order valence-corrected chi connectivity index (χ3v) is 5.23. The zero-order valence-electron chi connectivity index (χ0n) is 12.1. The summed E-state index contributed by atoms with van der Waals surface area (Å²) in [5.41, 5.74) is 8.62. The van der Waals surface area contributed by atoms with E-state index in [4.69, 9.17) is 5.73 Å². The second kappa shape index (κ2) is 5.30. The zero-order valence-corrected chi connectivity index (χ0v) is 13.0. The molecule has 0 amide bonds. The fraction of sp³-hybridized carbons (Fsp3) is 0.533. The summed E-state index contributed by atoms with van der Waals surface area (Å²) in [5.74, 6) is 2.23. The molecule has 1 aliphatic rings. The molecule has 0 spiro atoms. The molecule has 1 aliphatic heterocycles. The fourth-order valence-corrected chi connectivity index (χ4v) is 3.72. The normalized spacial score (nSPS) is 20.1. The summed E-state index contributed by atoms with van der Waals surface area (Å²) in [7, 11) is 0. The topological polar surface area (TPSA) is 57.9 Å². The Morgan fingerprint density at radius 2 is 2.25 bits per heavy atom. The summed E-state index contributed by atoms with van der Waals surface area (Å²) in [6.07, 6.45) is 1.23. The van der Waals surface area contributed by atoms with E-state index in [1.165, 1.54) is 12.2 Å². The molecule has 0 bridgehead atoms. The number of nitrogens with two attached hydrogens (primary N) is 1. The Morgan fingerprint density at radius 1 is 1.40 bits per heavy atom. The van der Waals surface area contributed by atoms with Crippen molar-refractivity contribution in [3.05, 3.63) is 24.0 Å². The summed E-state index contributed by atoms with van der Waals surface area (Å²) in [4.78, 5) is 10.5. The van der Waals surface area contributed by atoms with Gasteiger partial charge in [-0.25, -0.2) is 4.98 Å². The summed E-state index contributed by atoms with van der Waals surface area (Å²) >= 11 is 2.07. The molecule has 108 valence electrons. The second-order valence-corrected chi connectivity index (χ2v) is 7.90. The summed E-state index contributed by atoms with van der Waals surface area (Å²) < 4.78 is 0.400. The van der Waals surface area contributed by atoms with Gasteiger partial charge in [-0.05, 0) is 31.2 Å². The Hall–Kier alpha value is -1.20. The van der Waals surface area contributed by atoms with Gasteiger partial charge in [0.1, 0.15) is 5.82 Å². The van der Waals surface area contributed by atoms with E-state index >= 15 is 0 Å². The van der Waals surface area contributed by atoms with Crippen molar-refractivity contribution in [3.63, 3.8) is 0 Å². The van der Waals surface area contributed by atoms with E-state index in [2.05, 4.69) is 40.5 Å². The van der Waals surface area contributed by atoms with Gasteiger partial charge in [0, 0.05) is 22.7 Å². The highest BCUT2D eigenvalue weighted by molar-refractivity contribution is 8.00. The van der Waals surface area contributed by atoms with Crippen LogP contribution in [0.2, 0.25) is 0 Å². The van der Waals surface area contributed by atoms with Gasteiger partial charge in [0.25, 0.3) is 0 Å². The Balaban J connectivity index is 1.72. The second-order valence-electron chi connectivity index (χ2n) is 6.09. The molecule has 1 aromatic carbocycles. The number of imidazole rings is 1. The third-order valence-electron chi connectivity index (χ3n) is 3.86. The van der Waals surface area contributed by atoms with Gasteiger partial charge in [0.2, 0.25) is 0 Å². The number of anilines is 1. The highest BCUT2D eigenvalue weighted by Gasteiger charge is 2.23. The van der Waals surface area contributed by atoms with Crippen LogP contribution in [0.4, 0.5) is 5.69 Å². The predicted octanol–water partition coefficient (Wildman–Crippen LogP) is 2.86. The number of hydrogen-bond donors (Lipinski definition) is 2. The van der Waals surface area contributed by atoms with Gasteiger partial charge in [0.05, 0.1) is 17.6 Å². The van der Waals surface area contributed by atoms with Crippen LogP contribution < -0.4 is 5.73 Å². The van der Waals surface area contributed by atoms with Crippen LogP contribution in [0, 0.1) is 0 Å². The van der Waals surface area contributed by atoms with Crippen LogP contribution in [-0.2, 0) is 6.54 Å². The highest BCUT2D eigenvalue weighted by atomic mass is 32.2. The maximum Gasteiger partial charge on any atom is 0.121 e. The molecule has 1 aromatic heterocycles. The van der Waals surface area contributed by atoms with Crippen molar-refractivity contribution in [2.24, 2.45) is 0 Å². The molecule has 0 radical (unpaired) electrons. The summed E-state index contributed by atoms with van der Waals surface area (Å²) in [6.45, 7) is 7.84. The average Bonchev–Trinajstić information content (AvgIpc) is 2.68. The van der Waals surface area contributed by atoms with Gasteiger partial charge in [-0.15, -0.1) is 0 Å². The average molecular weight is 290 g/mol. The quantitative estimate of drug-likeness (QED) is 0.835. The number of benzene rings is 1. The van der Waals surface area contributed by atoms with Gasteiger partial charge in [-0.1, -0.05) is 13.8 Å². The van der Waals surface area contributed by atoms with Crippen LogP contribution in [0.5, 0.6) is 0 Å². The minimum Gasteiger partial charge on any atom is -0.399 e. The third kappa shape index (κ3) is 3.10. The molecular weight excluding hydrogens is 268 g/mol. The SMILES string of the molecule is CC1(C)CCN(Cc2nc3ccc(N)cc3[nH]2)CCS1. The van der Waals surface area contributed by atoms with Gasteiger partial charge < -0.3 is 10.7 Å². The Kier molecular flexibility index (Phi) is 3.65. The van der Waals surface area contributed by atoms with E-state index in [0.29, 0.717) is 4.75 Å². The molecule has 20 heavy (non-hydrogen) atoms. The first kappa shape index (κ1) is 13.8. The first-order valence-corrected chi connectivity index (χ1v) is 8.11. The van der Waals surface area contributed by atoms with E-state index in [9.17, 15) is 0 Å². The fourth-order valence-electron chi connectivity index (χ4n) is 2.59. The lowest BCUT2D eigenvalue weighted by molar-refractivity contribution is 0.271. The molecule has 0 atom stereocenters. The van der Waals surface area contributed by atoms with Crippen LogP contribution in [0.25, 0.3) is 11.0 Å². The maximum absolute atomic E-state index is 5.81. The standard InChI is InChI=1S/C15H22N4S/c1-15(2)5-6-19(7-8-20-15)10-14-17-12-4-3-11(16)9-13(12)18-14/h3-4,9H,5-8,10,16H2,1-2H3,(H,17,18). The molecule has 5 heteroatoms. The molecule has 2 aromatic rings. The van der Waals surface area contributed by atoms with Crippen molar-refractivity contribution in [1.29, 1.82) is 0 Å². The lowest BCUT2D eigenvalue weighted by Crippen LogP contribution is -2.27. The van der Waals surface area contributed by atoms with Crippen molar-refractivity contribution in [2.75, 3.05) is 24.6 Å². The Morgan fingerprint density at radius 3 is 3.10 bits per heavy atom. The van der Waals surface area contributed by atoms with Crippen molar-refractivity contribution in [3.8, 4) is 0 Å². The number of fused-ring (bicyclic) bond motifs is 1. The minimum absolute atomic E-state index is 0.400. The van der Waals surface area contributed by atoms with Crippen LogP contribution in [0.1, 0.15) is 26.1 Å². The molecule has 2 heterocycles. The number of aromatic amines is 1. The van der Waals surface area contributed by atoms with E-state index in [1.807, 2.05) is 18.2 Å². The van der Waals surface area contributed by atoms with Crippen molar-refractivity contribution in [1.82, 2.24) is 14.9 Å². The van der Waals surface area contributed by atoms with E-state index in [0.717, 1.165) is 42.2 Å². The number of nitrogens with zero attached hydrogens (tertiary/aromatic N) is 2. The molecule has 0 aliphatic carbocycles. The lowest BCUT2D eigenvalue weighted by atomic mass is 10.1.